The van der Waals surface area contributed by atoms with Gasteiger partial charge in [-0.1, -0.05) is 0 Å². The van der Waals surface area contributed by atoms with E-state index < -0.39 is 17.6 Å². The number of aromatic nitrogens is 2. The lowest BCUT2D eigenvalue weighted by atomic mass is 9.91. The Hall–Kier alpha value is -3.04. The first-order chi connectivity index (χ1) is 15.1. The van der Waals surface area contributed by atoms with Crippen LogP contribution in [0.2, 0.25) is 0 Å². The van der Waals surface area contributed by atoms with Crippen LogP contribution in [0, 0.1) is 6.92 Å². The molecule has 2 aromatic rings. The van der Waals surface area contributed by atoms with Crippen molar-refractivity contribution in [2.75, 3.05) is 31.4 Å². The molecule has 0 unspecified atom stereocenters. The number of carbonyl (C=O) groups excluding carboxylic acids is 1. The quantitative estimate of drug-likeness (QED) is 0.691. The number of nitrogens with one attached hydrogen (secondary N) is 2. The first kappa shape index (κ1) is 23.6. The Bertz CT molecular complexity index is 957. The SMILES string of the molecule is COc1ccc(C(=O)NC2CCC(Nc3ncc(C)c(N(C)C)n3)CC2)cc1C(F)(F)F. The first-order valence-electron chi connectivity index (χ1n) is 10.4. The zero-order valence-corrected chi connectivity index (χ0v) is 18.6. The second kappa shape index (κ2) is 9.62. The van der Waals surface area contributed by atoms with Crippen molar-refractivity contribution in [2.45, 2.75) is 50.9 Å². The van der Waals surface area contributed by atoms with Crippen molar-refractivity contribution in [3.63, 3.8) is 0 Å². The van der Waals surface area contributed by atoms with E-state index in [9.17, 15) is 18.0 Å². The van der Waals surface area contributed by atoms with E-state index in [2.05, 4.69) is 20.6 Å². The highest BCUT2D eigenvalue weighted by Crippen LogP contribution is 2.36. The summed E-state index contributed by atoms with van der Waals surface area (Å²) in [5, 5.41) is 6.20. The summed E-state index contributed by atoms with van der Waals surface area (Å²) in [7, 11) is 5.01. The molecule has 2 N–H and O–H groups in total. The fourth-order valence-electron chi connectivity index (χ4n) is 3.86. The number of rotatable bonds is 6. The van der Waals surface area contributed by atoms with E-state index in [1.165, 1.54) is 19.2 Å². The predicted octanol–water partition coefficient (Wildman–Crippen LogP) is 4.03. The maximum absolute atomic E-state index is 13.2. The molecule has 1 aliphatic carbocycles. The lowest BCUT2D eigenvalue weighted by Crippen LogP contribution is -2.40. The fourth-order valence-corrected chi connectivity index (χ4v) is 3.86. The number of aryl methyl sites for hydroxylation is 1. The molecule has 0 aliphatic heterocycles. The highest BCUT2D eigenvalue weighted by molar-refractivity contribution is 5.94. The lowest BCUT2D eigenvalue weighted by molar-refractivity contribution is -0.138. The molecule has 1 fully saturated rings. The summed E-state index contributed by atoms with van der Waals surface area (Å²) in [6.07, 6.45) is 0.165. The first-order valence-corrected chi connectivity index (χ1v) is 10.4. The van der Waals surface area contributed by atoms with Crippen LogP contribution in [0.4, 0.5) is 24.9 Å². The molecule has 1 aliphatic rings. The van der Waals surface area contributed by atoms with Crippen molar-refractivity contribution in [2.24, 2.45) is 0 Å². The summed E-state index contributed by atoms with van der Waals surface area (Å²) in [6.45, 7) is 1.95. The molecule has 0 saturated heterocycles. The van der Waals surface area contributed by atoms with Crippen LogP contribution >= 0.6 is 0 Å². The van der Waals surface area contributed by atoms with Crippen molar-refractivity contribution in [3.8, 4) is 5.75 Å². The van der Waals surface area contributed by atoms with Crippen LogP contribution in [0.25, 0.3) is 0 Å². The van der Waals surface area contributed by atoms with E-state index in [-0.39, 0.29) is 23.4 Å². The normalized spacial score (nSPS) is 18.7. The van der Waals surface area contributed by atoms with Crippen LogP contribution in [-0.2, 0) is 6.18 Å². The van der Waals surface area contributed by atoms with Crippen molar-refractivity contribution in [3.05, 3.63) is 41.1 Å². The molecule has 174 valence electrons. The molecule has 7 nitrogen and oxygen atoms in total. The maximum atomic E-state index is 13.2. The average molecular weight is 451 g/mol. The number of hydrogen-bond donors (Lipinski definition) is 2. The molecule has 1 aromatic heterocycles. The van der Waals surface area contributed by atoms with Gasteiger partial charge in [0.15, 0.2) is 0 Å². The Kier molecular flexibility index (Phi) is 7.10. The third-order valence-corrected chi connectivity index (χ3v) is 5.53. The number of anilines is 2. The number of amides is 1. The molecule has 0 radical (unpaired) electrons. The van der Waals surface area contributed by atoms with E-state index in [0.29, 0.717) is 18.8 Å². The maximum Gasteiger partial charge on any atom is 0.419 e. The van der Waals surface area contributed by atoms with Crippen LogP contribution in [0.1, 0.15) is 47.2 Å². The molecule has 0 bridgehead atoms. The van der Waals surface area contributed by atoms with Gasteiger partial charge in [-0.3, -0.25) is 4.79 Å². The third kappa shape index (κ3) is 5.60. The Labute approximate surface area is 185 Å². The number of hydrogen-bond acceptors (Lipinski definition) is 6. The lowest BCUT2D eigenvalue weighted by Gasteiger charge is -2.30. The standard InChI is InChI=1S/C22H28F3N5O2/c1-13-12-26-21(29-19(13)30(2)3)28-16-8-6-15(7-9-16)27-20(31)14-5-10-18(32-4)17(11-14)22(23,24)25/h5,10-12,15-16H,6-9H2,1-4H3,(H,27,31)(H,26,28,29). The molecule has 0 atom stereocenters. The van der Waals surface area contributed by atoms with Gasteiger partial charge in [0.2, 0.25) is 5.95 Å². The average Bonchev–Trinajstić information content (AvgIpc) is 2.75. The molecule has 32 heavy (non-hydrogen) atoms. The van der Waals surface area contributed by atoms with E-state index >= 15 is 0 Å². The minimum Gasteiger partial charge on any atom is -0.496 e. The summed E-state index contributed by atoms with van der Waals surface area (Å²) in [4.78, 5) is 23.4. The van der Waals surface area contributed by atoms with E-state index in [4.69, 9.17) is 4.74 Å². The summed E-state index contributed by atoms with van der Waals surface area (Å²) < 4.78 is 44.4. The zero-order chi connectivity index (χ0) is 23.5. The van der Waals surface area contributed by atoms with Gasteiger partial charge in [0.1, 0.15) is 11.6 Å². The van der Waals surface area contributed by atoms with Crippen molar-refractivity contribution in [1.82, 2.24) is 15.3 Å². The number of nitrogens with zero attached hydrogens (tertiary/aromatic N) is 3. The zero-order valence-electron chi connectivity index (χ0n) is 18.6. The Morgan fingerprint density at radius 1 is 1.16 bits per heavy atom. The van der Waals surface area contributed by atoms with Gasteiger partial charge in [-0.2, -0.15) is 18.2 Å². The number of methoxy groups -OCH3 is 1. The van der Waals surface area contributed by atoms with E-state index in [1.54, 1.807) is 6.20 Å². The molecule has 0 spiro atoms. The Balaban J connectivity index is 1.57. The number of carbonyl (C=O) groups is 1. The summed E-state index contributed by atoms with van der Waals surface area (Å²) in [5.41, 5.74) is -0.0161. The van der Waals surface area contributed by atoms with Crippen LogP contribution in [-0.4, -0.2) is 49.2 Å². The Morgan fingerprint density at radius 2 is 1.81 bits per heavy atom. The molecule has 1 saturated carbocycles. The predicted molar refractivity (Wildman–Crippen MR) is 116 cm³/mol. The Morgan fingerprint density at radius 3 is 2.41 bits per heavy atom. The van der Waals surface area contributed by atoms with Gasteiger partial charge >= 0.3 is 6.18 Å². The largest absolute Gasteiger partial charge is 0.496 e. The van der Waals surface area contributed by atoms with E-state index in [0.717, 1.165) is 30.3 Å². The minimum atomic E-state index is -4.60. The molecule has 10 heteroatoms. The third-order valence-electron chi connectivity index (χ3n) is 5.53. The van der Waals surface area contributed by atoms with Gasteiger partial charge in [-0.25, -0.2) is 4.98 Å². The van der Waals surface area contributed by atoms with Gasteiger partial charge in [0.25, 0.3) is 5.91 Å². The summed E-state index contributed by atoms with van der Waals surface area (Å²) in [6, 6.07) is 3.40. The van der Waals surface area contributed by atoms with Crippen LogP contribution < -0.4 is 20.3 Å². The van der Waals surface area contributed by atoms with Crippen LogP contribution in [0.3, 0.4) is 0 Å². The number of alkyl halides is 3. The van der Waals surface area contributed by atoms with E-state index in [1.807, 2.05) is 25.9 Å². The summed E-state index contributed by atoms with van der Waals surface area (Å²) >= 11 is 0. The van der Waals surface area contributed by atoms with Gasteiger partial charge in [0, 0.05) is 43.5 Å². The smallest absolute Gasteiger partial charge is 0.419 e. The molecule has 1 amide bonds. The van der Waals surface area contributed by atoms with Crippen LogP contribution in [0.5, 0.6) is 5.75 Å². The summed E-state index contributed by atoms with van der Waals surface area (Å²) in [5.74, 6) is 0.578. The molecule has 1 heterocycles. The van der Waals surface area contributed by atoms with Gasteiger partial charge < -0.3 is 20.3 Å². The van der Waals surface area contributed by atoms with Crippen LogP contribution in [0.15, 0.2) is 24.4 Å². The topological polar surface area (TPSA) is 79.4 Å². The monoisotopic (exact) mass is 451 g/mol. The van der Waals surface area contributed by atoms with Crippen molar-refractivity contribution >= 4 is 17.7 Å². The van der Waals surface area contributed by atoms with Crippen molar-refractivity contribution in [1.29, 1.82) is 0 Å². The fraction of sp³-hybridized carbons (Fsp3) is 0.500. The molecule has 3 rings (SSSR count). The second-order valence-corrected chi connectivity index (χ2v) is 8.17. The second-order valence-electron chi connectivity index (χ2n) is 8.17. The highest BCUT2D eigenvalue weighted by Gasteiger charge is 2.35. The van der Waals surface area contributed by atoms with Gasteiger partial charge in [-0.15, -0.1) is 0 Å². The van der Waals surface area contributed by atoms with Gasteiger partial charge in [0.05, 0.1) is 12.7 Å². The molecule has 1 aromatic carbocycles. The number of ether oxygens (including phenoxy) is 1. The van der Waals surface area contributed by atoms with Gasteiger partial charge in [-0.05, 0) is 50.8 Å². The molecular formula is C22H28F3N5O2. The minimum absolute atomic E-state index is 0.0392. The molecular weight excluding hydrogens is 423 g/mol. The van der Waals surface area contributed by atoms with Crippen molar-refractivity contribution < 1.29 is 22.7 Å². The number of benzene rings is 1. The number of halogens is 3. The highest BCUT2D eigenvalue weighted by atomic mass is 19.4.